The van der Waals surface area contributed by atoms with E-state index in [9.17, 15) is 30.4 Å². The van der Waals surface area contributed by atoms with E-state index in [4.69, 9.17) is 0 Å². The topological polar surface area (TPSA) is 74.3 Å². The standard InChI is InChI=1S/C4H7F3O4S2.Na/c5-4(6,7)13(10,11)3-1-2-12(8)9;/h1-3H2,(H,8,9);/q;+1/p-1. The molecule has 0 aliphatic rings. The van der Waals surface area contributed by atoms with Gasteiger partial charge in [0.1, 0.15) is 0 Å². The van der Waals surface area contributed by atoms with Crippen molar-refractivity contribution in [3.05, 3.63) is 0 Å². The molecule has 0 N–H and O–H groups in total. The fourth-order valence-electron chi connectivity index (χ4n) is 0.483. The average Bonchev–Trinajstić information content (AvgIpc) is 1.82. The van der Waals surface area contributed by atoms with E-state index in [1.54, 1.807) is 0 Å². The Hall–Kier alpha value is 0.850. The SMILES string of the molecule is O=S([O-])CCCS(=O)(=O)C(F)(F)F.[Na+]. The second-order valence-corrected chi connectivity index (χ2v) is 5.24. The maximum atomic E-state index is 11.6. The molecule has 0 bridgehead atoms. The van der Waals surface area contributed by atoms with Gasteiger partial charge >= 0.3 is 35.1 Å². The van der Waals surface area contributed by atoms with E-state index in [1.807, 2.05) is 0 Å². The third-order valence-corrected chi connectivity index (χ3v) is 3.23. The molecule has 80 valence electrons. The zero-order valence-electron chi connectivity index (χ0n) is 7.20. The van der Waals surface area contributed by atoms with Crippen LogP contribution in [0, 0.1) is 0 Å². The predicted molar refractivity (Wildman–Crippen MR) is 38.2 cm³/mol. The molecule has 0 aromatic rings. The Balaban J connectivity index is 0. The molecule has 0 spiro atoms. The first-order chi connectivity index (χ1) is 5.67. The quantitative estimate of drug-likeness (QED) is 0.405. The van der Waals surface area contributed by atoms with Crippen LogP contribution in [0.2, 0.25) is 0 Å². The van der Waals surface area contributed by atoms with Crippen molar-refractivity contribution in [2.75, 3.05) is 11.5 Å². The Kier molecular flexibility index (Phi) is 7.93. The average molecular weight is 262 g/mol. The monoisotopic (exact) mass is 262 g/mol. The first-order valence-electron chi connectivity index (χ1n) is 3.02. The Bertz CT molecular complexity index is 285. The van der Waals surface area contributed by atoms with E-state index in [0.29, 0.717) is 0 Å². The zero-order valence-corrected chi connectivity index (χ0v) is 10.8. The Morgan fingerprint density at radius 1 is 1.29 bits per heavy atom. The predicted octanol–water partition coefficient (Wildman–Crippen LogP) is -2.81. The first kappa shape index (κ1) is 17.3. The van der Waals surface area contributed by atoms with Crippen LogP contribution < -0.4 is 29.6 Å². The first-order valence-corrected chi connectivity index (χ1v) is 5.91. The van der Waals surface area contributed by atoms with Gasteiger partial charge in [0.15, 0.2) is 0 Å². The van der Waals surface area contributed by atoms with Crippen LogP contribution in [-0.2, 0) is 20.9 Å². The van der Waals surface area contributed by atoms with E-state index < -0.39 is 44.4 Å². The van der Waals surface area contributed by atoms with Crippen molar-refractivity contribution in [1.29, 1.82) is 0 Å². The molecule has 1 unspecified atom stereocenters. The molecule has 0 fully saturated rings. The van der Waals surface area contributed by atoms with Gasteiger partial charge in [-0.25, -0.2) is 8.42 Å². The van der Waals surface area contributed by atoms with Crippen molar-refractivity contribution < 1.29 is 59.9 Å². The summed E-state index contributed by atoms with van der Waals surface area (Å²) in [4.78, 5) is 0. The molecule has 0 aromatic carbocycles. The van der Waals surface area contributed by atoms with Crippen LogP contribution in [0.5, 0.6) is 0 Å². The van der Waals surface area contributed by atoms with Crippen molar-refractivity contribution in [3.63, 3.8) is 0 Å². The molecule has 4 nitrogen and oxygen atoms in total. The van der Waals surface area contributed by atoms with Gasteiger partial charge in [0.05, 0.1) is 5.75 Å². The van der Waals surface area contributed by atoms with Gasteiger partial charge in [0.2, 0.25) is 9.84 Å². The molecule has 0 aliphatic carbocycles. The Labute approximate surface area is 104 Å². The summed E-state index contributed by atoms with van der Waals surface area (Å²) in [6.45, 7) is 0. The summed E-state index contributed by atoms with van der Waals surface area (Å²) in [6.07, 6.45) is -0.544. The Morgan fingerprint density at radius 2 is 1.71 bits per heavy atom. The van der Waals surface area contributed by atoms with Crippen molar-refractivity contribution in [1.82, 2.24) is 0 Å². The van der Waals surface area contributed by atoms with Gasteiger partial charge in [-0.1, -0.05) is 11.1 Å². The molecule has 0 saturated heterocycles. The summed E-state index contributed by atoms with van der Waals surface area (Å²) in [5.74, 6) is -1.78. The minimum atomic E-state index is -5.29. The van der Waals surface area contributed by atoms with Gasteiger partial charge < -0.3 is 4.55 Å². The van der Waals surface area contributed by atoms with Crippen molar-refractivity contribution in [3.8, 4) is 0 Å². The van der Waals surface area contributed by atoms with Crippen LogP contribution >= 0.6 is 0 Å². The van der Waals surface area contributed by atoms with Crippen molar-refractivity contribution in [2.45, 2.75) is 11.9 Å². The van der Waals surface area contributed by atoms with E-state index >= 15 is 0 Å². The number of hydrogen-bond acceptors (Lipinski definition) is 4. The van der Waals surface area contributed by atoms with E-state index in [-0.39, 0.29) is 29.6 Å². The van der Waals surface area contributed by atoms with Gasteiger partial charge in [-0.15, -0.1) is 0 Å². The molecular formula is C4H6F3NaO4S2. The molecule has 10 heteroatoms. The summed E-state index contributed by atoms with van der Waals surface area (Å²) in [6, 6.07) is 0. The third-order valence-electron chi connectivity index (χ3n) is 1.08. The summed E-state index contributed by atoms with van der Waals surface area (Å²) >= 11 is -2.51. The maximum Gasteiger partial charge on any atom is 1.00 e. The molecule has 0 aromatic heterocycles. The molecule has 0 aliphatic heterocycles. The van der Waals surface area contributed by atoms with Crippen LogP contribution in [0.4, 0.5) is 13.2 Å². The van der Waals surface area contributed by atoms with Gasteiger partial charge in [0, 0.05) is 5.75 Å². The molecule has 0 heterocycles. The third kappa shape index (κ3) is 6.36. The largest absolute Gasteiger partial charge is 1.00 e. The van der Waals surface area contributed by atoms with Gasteiger partial charge in [-0.2, -0.15) is 13.2 Å². The van der Waals surface area contributed by atoms with Gasteiger partial charge in [-0.3, -0.25) is 4.21 Å². The van der Waals surface area contributed by atoms with Crippen LogP contribution in [-0.4, -0.2) is 34.2 Å². The minimum Gasteiger partial charge on any atom is -0.772 e. The number of rotatable bonds is 4. The summed E-state index contributed by atoms with van der Waals surface area (Å²) in [5, 5.41) is 0. The number of alkyl halides is 3. The van der Waals surface area contributed by atoms with Crippen LogP contribution in [0.3, 0.4) is 0 Å². The fraction of sp³-hybridized carbons (Fsp3) is 1.00. The second-order valence-electron chi connectivity index (χ2n) is 2.13. The molecule has 1 atom stereocenters. The molecule has 0 saturated carbocycles. The molecule has 0 rings (SSSR count). The van der Waals surface area contributed by atoms with Crippen LogP contribution in [0.25, 0.3) is 0 Å². The van der Waals surface area contributed by atoms with Crippen molar-refractivity contribution >= 4 is 20.9 Å². The van der Waals surface area contributed by atoms with Gasteiger partial charge in [0.25, 0.3) is 0 Å². The fourth-order valence-corrected chi connectivity index (χ4v) is 1.80. The molecule has 0 radical (unpaired) electrons. The van der Waals surface area contributed by atoms with Crippen LogP contribution in [0.1, 0.15) is 6.42 Å². The zero-order chi connectivity index (χ0) is 10.7. The maximum absolute atomic E-state index is 11.6. The number of sulfone groups is 1. The summed E-state index contributed by atoms with van der Waals surface area (Å²) in [5.41, 5.74) is -5.29. The normalized spacial score (nSPS) is 14.6. The minimum absolute atomic E-state index is 0. The summed E-state index contributed by atoms with van der Waals surface area (Å²) in [7, 11) is -5.17. The Morgan fingerprint density at radius 3 is 2.00 bits per heavy atom. The van der Waals surface area contributed by atoms with E-state index in [0.717, 1.165) is 0 Å². The molecular weight excluding hydrogens is 256 g/mol. The van der Waals surface area contributed by atoms with Gasteiger partial charge in [-0.05, 0) is 6.42 Å². The molecule has 0 amide bonds. The smallest absolute Gasteiger partial charge is 0.772 e. The summed E-state index contributed by atoms with van der Waals surface area (Å²) < 4.78 is 75.2. The molecule has 14 heavy (non-hydrogen) atoms. The van der Waals surface area contributed by atoms with E-state index in [1.165, 1.54) is 0 Å². The second kappa shape index (κ2) is 6.44. The van der Waals surface area contributed by atoms with Crippen LogP contribution in [0.15, 0.2) is 0 Å². The van der Waals surface area contributed by atoms with E-state index in [2.05, 4.69) is 0 Å². The number of hydrogen-bond donors (Lipinski definition) is 0. The van der Waals surface area contributed by atoms with Crippen molar-refractivity contribution in [2.24, 2.45) is 0 Å². The number of halogens is 3.